The van der Waals surface area contributed by atoms with Gasteiger partial charge in [-0.3, -0.25) is 24.5 Å². The molecule has 4 heterocycles. The lowest BCUT2D eigenvalue weighted by Crippen LogP contribution is -2.52. The lowest BCUT2D eigenvalue weighted by molar-refractivity contribution is -0.136. The number of fused-ring (bicyclic) bond motifs is 1. The molecule has 6 rings (SSSR count). The molecule has 0 radical (unpaired) electrons. The Balaban J connectivity index is 1.14. The van der Waals surface area contributed by atoms with Gasteiger partial charge in [0.2, 0.25) is 11.8 Å². The first-order chi connectivity index (χ1) is 19.0. The van der Waals surface area contributed by atoms with Crippen molar-refractivity contribution in [2.75, 3.05) is 13.2 Å². The van der Waals surface area contributed by atoms with Gasteiger partial charge in [-0.25, -0.2) is 4.68 Å². The summed E-state index contributed by atoms with van der Waals surface area (Å²) in [7, 11) is 0. The zero-order valence-electron chi connectivity index (χ0n) is 21.3. The topological polar surface area (TPSA) is 127 Å². The minimum Gasteiger partial charge on any atom is -0.491 e. The molecular formula is C28H28N6O5. The number of nitrogens with zero attached hydrogens (tertiary/aromatic N) is 5. The van der Waals surface area contributed by atoms with Crippen molar-refractivity contribution in [2.45, 2.75) is 50.7 Å². The first kappa shape index (κ1) is 24.8. The average molecular weight is 529 g/mol. The van der Waals surface area contributed by atoms with Gasteiger partial charge in [-0.15, -0.1) is 5.10 Å². The highest BCUT2D eigenvalue weighted by Gasteiger charge is 2.39. The summed E-state index contributed by atoms with van der Waals surface area (Å²) in [5.41, 5.74) is 2.47. The predicted octanol–water partition coefficient (Wildman–Crippen LogP) is 2.10. The quantitative estimate of drug-likeness (QED) is 0.486. The van der Waals surface area contributed by atoms with Crippen molar-refractivity contribution < 1.29 is 23.9 Å². The summed E-state index contributed by atoms with van der Waals surface area (Å²) in [4.78, 5) is 53.7. The first-order valence-corrected chi connectivity index (χ1v) is 13.2. The van der Waals surface area contributed by atoms with E-state index >= 15 is 0 Å². The van der Waals surface area contributed by atoms with Crippen molar-refractivity contribution in [3.8, 4) is 11.4 Å². The van der Waals surface area contributed by atoms with Gasteiger partial charge >= 0.3 is 0 Å². The molecule has 200 valence electrons. The minimum atomic E-state index is -0.660. The number of carbonyl (C=O) groups excluding carboxylic acids is 4. The van der Waals surface area contributed by atoms with Gasteiger partial charge in [0.1, 0.15) is 18.4 Å². The number of hydrogen-bond acceptors (Lipinski definition) is 7. The Labute approximate surface area is 224 Å². The highest BCUT2D eigenvalue weighted by atomic mass is 16.5. The molecule has 2 saturated heterocycles. The summed E-state index contributed by atoms with van der Waals surface area (Å²) < 4.78 is 7.71. The fraction of sp³-hybridized carbons (Fsp3) is 0.357. The minimum absolute atomic E-state index is 0.125. The number of nitrogens with one attached hydrogen (secondary N) is 1. The summed E-state index contributed by atoms with van der Waals surface area (Å²) in [6, 6.07) is 13.9. The van der Waals surface area contributed by atoms with Crippen LogP contribution >= 0.6 is 0 Å². The van der Waals surface area contributed by atoms with Crippen LogP contribution in [-0.2, 0) is 16.1 Å². The molecule has 1 unspecified atom stereocenters. The maximum atomic E-state index is 13.6. The zero-order chi connectivity index (χ0) is 26.9. The van der Waals surface area contributed by atoms with E-state index in [1.54, 1.807) is 16.8 Å². The molecule has 3 aliphatic heterocycles. The highest BCUT2D eigenvalue weighted by molar-refractivity contribution is 6.05. The SMILES string of the molecule is O=C1CCC(N2Cc3cc(OC[C@@H]4CCCCN4C(=O)c4cnnn4-c4ccccc4)ccc3C2=O)C(=O)N1. The normalized spacial score (nSPS) is 21.1. The summed E-state index contributed by atoms with van der Waals surface area (Å²) in [6.07, 6.45) is 4.74. The summed E-state index contributed by atoms with van der Waals surface area (Å²) in [5.74, 6) is -0.516. The first-order valence-electron chi connectivity index (χ1n) is 13.2. The Kier molecular flexibility index (Phi) is 6.55. The van der Waals surface area contributed by atoms with Crippen molar-refractivity contribution in [1.29, 1.82) is 0 Å². The molecule has 3 aromatic rings. The number of benzene rings is 2. The molecule has 2 aromatic carbocycles. The molecule has 11 heteroatoms. The number of amides is 4. The molecule has 2 atom stereocenters. The van der Waals surface area contributed by atoms with Gasteiger partial charge in [0.15, 0.2) is 5.69 Å². The second kappa shape index (κ2) is 10.3. The van der Waals surface area contributed by atoms with Crippen LogP contribution in [0.1, 0.15) is 58.5 Å². The third-order valence-corrected chi connectivity index (χ3v) is 7.59. The number of imide groups is 1. The maximum absolute atomic E-state index is 13.6. The van der Waals surface area contributed by atoms with E-state index in [1.165, 1.54) is 11.1 Å². The molecule has 0 bridgehead atoms. The van der Waals surface area contributed by atoms with Crippen LogP contribution in [0.25, 0.3) is 5.69 Å². The Morgan fingerprint density at radius 1 is 1.05 bits per heavy atom. The Hall–Kier alpha value is -4.54. The number of hydrogen-bond donors (Lipinski definition) is 1. The number of likely N-dealkylation sites (tertiary alicyclic amines) is 1. The molecule has 3 aliphatic rings. The van der Waals surface area contributed by atoms with Gasteiger partial charge in [-0.1, -0.05) is 23.4 Å². The second-order valence-corrected chi connectivity index (χ2v) is 10.0. The summed E-state index contributed by atoms with van der Waals surface area (Å²) >= 11 is 0. The van der Waals surface area contributed by atoms with E-state index in [0.717, 1.165) is 30.5 Å². The third kappa shape index (κ3) is 4.75. The number of carbonyl (C=O) groups is 4. The maximum Gasteiger partial charge on any atom is 0.274 e. The Bertz CT molecular complexity index is 1440. The standard InChI is InChI=1S/C28H28N6O5/c35-25-12-11-23(26(36)30-25)33-16-18-14-21(9-10-22(18)27(33)37)39-17-20-8-4-5-13-32(20)28(38)24-15-29-31-34(24)19-6-2-1-3-7-19/h1-3,6-7,9-10,14-15,20,23H,4-5,8,11-13,16-17H2,(H,30,35,36)/t20-,23?/m0/s1. The largest absolute Gasteiger partial charge is 0.491 e. The van der Waals surface area contributed by atoms with Crippen LogP contribution in [0.3, 0.4) is 0 Å². The molecule has 0 saturated carbocycles. The molecule has 1 aromatic heterocycles. The van der Waals surface area contributed by atoms with Gasteiger partial charge in [0, 0.05) is 25.1 Å². The van der Waals surface area contributed by atoms with Gasteiger partial charge < -0.3 is 14.5 Å². The zero-order valence-corrected chi connectivity index (χ0v) is 21.3. The average Bonchev–Trinajstić information content (AvgIpc) is 3.57. The number of ether oxygens (including phenoxy) is 1. The highest BCUT2D eigenvalue weighted by Crippen LogP contribution is 2.31. The van der Waals surface area contributed by atoms with Gasteiger partial charge in [0.25, 0.3) is 11.8 Å². The molecular weight excluding hydrogens is 500 g/mol. The van der Waals surface area contributed by atoms with Crippen LogP contribution in [0.2, 0.25) is 0 Å². The van der Waals surface area contributed by atoms with E-state index in [9.17, 15) is 19.2 Å². The number of piperidine rings is 2. The molecule has 4 amide bonds. The van der Waals surface area contributed by atoms with Crippen LogP contribution < -0.4 is 10.1 Å². The van der Waals surface area contributed by atoms with E-state index < -0.39 is 11.9 Å². The van der Waals surface area contributed by atoms with Crippen LogP contribution in [0, 0.1) is 0 Å². The smallest absolute Gasteiger partial charge is 0.274 e. The second-order valence-electron chi connectivity index (χ2n) is 10.0. The van der Waals surface area contributed by atoms with Crippen molar-refractivity contribution in [2.24, 2.45) is 0 Å². The summed E-state index contributed by atoms with van der Waals surface area (Å²) in [5, 5.41) is 10.4. The summed E-state index contributed by atoms with van der Waals surface area (Å²) in [6.45, 7) is 1.21. The molecule has 2 fully saturated rings. The predicted molar refractivity (Wildman–Crippen MR) is 138 cm³/mol. The number of aromatic nitrogens is 3. The Morgan fingerprint density at radius 2 is 1.90 bits per heavy atom. The third-order valence-electron chi connectivity index (χ3n) is 7.59. The van der Waals surface area contributed by atoms with E-state index in [2.05, 4.69) is 15.6 Å². The molecule has 39 heavy (non-hydrogen) atoms. The molecule has 0 aliphatic carbocycles. The lowest BCUT2D eigenvalue weighted by Gasteiger charge is -2.35. The molecule has 11 nitrogen and oxygen atoms in total. The van der Waals surface area contributed by atoms with Crippen LogP contribution in [0.15, 0.2) is 54.7 Å². The molecule has 0 spiro atoms. The van der Waals surface area contributed by atoms with E-state index in [1.807, 2.05) is 41.3 Å². The van der Waals surface area contributed by atoms with Crippen LogP contribution in [-0.4, -0.2) is 73.7 Å². The monoisotopic (exact) mass is 528 g/mol. The van der Waals surface area contributed by atoms with E-state index in [-0.39, 0.29) is 36.7 Å². The number of rotatable bonds is 6. The van der Waals surface area contributed by atoms with E-state index in [0.29, 0.717) is 36.6 Å². The molecule has 1 N–H and O–H groups in total. The van der Waals surface area contributed by atoms with Crippen molar-refractivity contribution in [1.82, 2.24) is 30.1 Å². The number of para-hydroxylation sites is 1. The Morgan fingerprint density at radius 3 is 2.72 bits per heavy atom. The van der Waals surface area contributed by atoms with Gasteiger partial charge in [0.05, 0.1) is 17.9 Å². The van der Waals surface area contributed by atoms with Gasteiger partial charge in [-0.05, 0) is 61.6 Å². The van der Waals surface area contributed by atoms with Crippen molar-refractivity contribution in [3.63, 3.8) is 0 Å². The lowest BCUT2D eigenvalue weighted by atomic mass is 10.0. The van der Waals surface area contributed by atoms with Crippen LogP contribution in [0.4, 0.5) is 0 Å². The van der Waals surface area contributed by atoms with E-state index in [4.69, 9.17) is 4.74 Å². The van der Waals surface area contributed by atoms with Gasteiger partial charge in [-0.2, -0.15) is 0 Å². The fourth-order valence-electron chi connectivity index (χ4n) is 5.56. The van der Waals surface area contributed by atoms with Crippen molar-refractivity contribution in [3.05, 3.63) is 71.5 Å². The fourth-order valence-corrected chi connectivity index (χ4v) is 5.56. The van der Waals surface area contributed by atoms with Crippen LogP contribution in [0.5, 0.6) is 5.75 Å². The van der Waals surface area contributed by atoms with Crippen molar-refractivity contribution >= 4 is 23.6 Å².